The molecule has 7 heteroatoms. The molecule has 0 bridgehead atoms. The average molecular weight is 253 g/mol. The van der Waals surface area contributed by atoms with Gasteiger partial charge in [-0.3, -0.25) is 0 Å². The predicted octanol–water partition coefficient (Wildman–Crippen LogP) is 0.928. The monoisotopic (exact) mass is 253 g/mol. The lowest BCUT2D eigenvalue weighted by molar-refractivity contribution is -0.138. The van der Waals surface area contributed by atoms with Gasteiger partial charge in [0, 0.05) is 0 Å². The molecule has 98 valence electrons. The van der Waals surface area contributed by atoms with E-state index < -0.39 is 18.0 Å². The molecule has 0 amide bonds. The van der Waals surface area contributed by atoms with Crippen LogP contribution in [0.5, 0.6) is 0 Å². The Morgan fingerprint density at radius 3 is 2.61 bits per heavy atom. The van der Waals surface area contributed by atoms with Gasteiger partial charge >= 0.3 is 11.9 Å². The van der Waals surface area contributed by atoms with Crippen LogP contribution in [-0.2, 0) is 9.53 Å². The standard InChI is InChI=1S/C11H15N3O4/c1-3-4-7(10(15)16)12-9-6-5-8(13-14-9)11(17)18-2/h5-7H,3-4H2,1-2H3,(H,12,14)(H,15,16). The van der Waals surface area contributed by atoms with E-state index in [2.05, 4.69) is 20.3 Å². The lowest BCUT2D eigenvalue weighted by Gasteiger charge is -2.13. The van der Waals surface area contributed by atoms with Gasteiger partial charge in [0.1, 0.15) is 11.9 Å². The first-order chi connectivity index (χ1) is 8.58. The van der Waals surface area contributed by atoms with Gasteiger partial charge in [-0.25, -0.2) is 9.59 Å². The molecule has 0 spiro atoms. The van der Waals surface area contributed by atoms with Crippen molar-refractivity contribution in [2.45, 2.75) is 25.8 Å². The summed E-state index contributed by atoms with van der Waals surface area (Å²) < 4.78 is 4.48. The summed E-state index contributed by atoms with van der Waals surface area (Å²) in [6.45, 7) is 1.89. The van der Waals surface area contributed by atoms with Crippen molar-refractivity contribution >= 4 is 17.8 Å². The van der Waals surface area contributed by atoms with Crippen LogP contribution >= 0.6 is 0 Å². The van der Waals surface area contributed by atoms with Crippen molar-refractivity contribution in [3.05, 3.63) is 17.8 Å². The van der Waals surface area contributed by atoms with Crippen LogP contribution in [0.4, 0.5) is 5.82 Å². The van der Waals surface area contributed by atoms with Crippen LogP contribution in [0, 0.1) is 0 Å². The van der Waals surface area contributed by atoms with E-state index in [1.54, 1.807) is 0 Å². The molecule has 0 saturated carbocycles. The molecule has 2 N–H and O–H groups in total. The lowest BCUT2D eigenvalue weighted by Crippen LogP contribution is -2.29. The van der Waals surface area contributed by atoms with Crippen LogP contribution in [0.1, 0.15) is 30.3 Å². The van der Waals surface area contributed by atoms with Gasteiger partial charge in [0.05, 0.1) is 7.11 Å². The number of ether oxygens (including phenoxy) is 1. The average Bonchev–Trinajstić information content (AvgIpc) is 2.38. The molecule has 7 nitrogen and oxygen atoms in total. The molecule has 1 aromatic rings. The second kappa shape index (κ2) is 6.53. The third-order valence-electron chi connectivity index (χ3n) is 2.26. The second-order valence-electron chi connectivity index (χ2n) is 3.62. The summed E-state index contributed by atoms with van der Waals surface area (Å²) in [6, 6.07) is 2.20. The molecule has 1 rings (SSSR count). The summed E-state index contributed by atoms with van der Waals surface area (Å²) in [4.78, 5) is 22.0. The smallest absolute Gasteiger partial charge is 0.358 e. The normalized spacial score (nSPS) is 11.7. The third kappa shape index (κ3) is 3.69. The van der Waals surface area contributed by atoms with Gasteiger partial charge in [0.15, 0.2) is 5.69 Å². The minimum Gasteiger partial charge on any atom is -0.480 e. The van der Waals surface area contributed by atoms with Crippen LogP contribution in [0.15, 0.2) is 12.1 Å². The third-order valence-corrected chi connectivity index (χ3v) is 2.26. The maximum atomic E-state index is 11.1. The van der Waals surface area contributed by atoms with Crippen molar-refractivity contribution in [1.82, 2.24) is 10.2 Å². The maximum absolute atomic E-state index is 11.1. The minimum atomic E-state index is -0.948. The van der Waals surface area contributed by atoms with E-state index in [0.717, 1.165) is 6.42 Å². The first-order valence-corrected chi connectivity index (χ1v) is 5.49. The summed E-state index contributed by atoms with van der Waals surface area (Å²) in [5.41, 5.74) is 0.0745. The van der Waals surface area contributed by atoms with Crippen molar-refractivity contribution in [3.8, 4) is 0 Å². The Labute approximate surface area is 104 Å². The SMILES string of the molecule is CCCC(Nc1ccc(C(=O)OC)nn1)C(=O)O. The number of nitrogens with zero attached hydrogens (tertiary/aromatic N) is 2. The molecular weight excluding hydrogens is 238 g/mol. The van der Waals surface area contributed by atoms with E-state index in [0.29, 0.717) is 12.2 Å². The number of hydrogen-bond donors (Lipinski definition) is 2. The molecule has 0 aliphatic carbocycles. The molecule has 18 heavy (non-hydrogen) atoms. The zero-order valence-corrected chi connectivity index (χ0v) is 10.2. The quantitative estimate of drug-likeness (QED) is 0.727. The zero-order valence-electron chi connectivity index (χ0n) is 10.2. The molecule has 0 aliphatic heterocycles. The molecule has 0 aliphatic rings. The molecule has 0 radical (unpaired) electrons. The fraction of sp³-hybridized carbons (Fsp3) is 0.455. The molecule has 1 heterocycles. The van der Waals surface area contributed by atoms with Crippen molar-refractivity contribution in [3.63, 3.8) is 0 Å². The van der Waals surface area contributed by atoms with Gasteiger partial charge in [-0.2, -0.15) is 0 Å². The van der Waals surface area contributed by atoms with Gasteiger partial charge in [0.25, 0.3) is 0 Å². The Hall–Kier alpha value is -2.18. The van der Waals surface area contributed by atoms with Crippen molar-refractivity contribution in [2.24, 2.45) is 0 Å². The van der Waals surface area contributed by atoms with E-state index in [9.17, 15) is 9.59 Å². The van der Waals surface area contributed by atoms with Crippen LogP contribution < -0.4 is 5.32 Å². The number of methoxy groups -OCH3 is 1. The Balaban J connectivity index is 2.73. The molecule has 0 fully saturated rings. The Morgan fingerprint density at radius 2 is 2.17 bits per heavy atom. The molecule has 1 unspecified atom stereocenters. The maximum Gasteiger partial charge on any atom is 0.358 e. The zero-order chi connectivity index (χ0) is 13.5. The predicted molar refractivity (Wildman–Crippen MR) is 63.3 cm³/mol. The highest BCUT2D eigenvalue weighted by atomic mass is 16.5. The highest BCUT2D eigenvalue weighted by molar-refractivity contribution is 5.87. The van der Waals surface area contributed by atoms with Gasteiger partial charge in [0.2, 0.25) is 0 Å². The fourth-order valence-electron chi connectivity index (χ4n) is 1.35. The number of carbonyl (C=O) groups is 2. The number of carbonyl (C=O) groups excluding carboxylic acids is 1. The van der Waals surface area contributed by atoms with E-state index >= 15 is 0 Å². The summed E-state index contributed by atoms with van der Waals surface area (Å²) in [6.07, 6.45) is 1.22. The number of aliphatic carboxylic acids is 1. The summed E-state index contributed by atoms with van der Waals surface area (Å²) >= 11 is 0. The minimum absolute atomic E-state index is 0.0745. The molecule has 1 atom stereocenters. The number of esters is 1. The molecule has 1 aromatic heterocycles. The number of nitrogens with one attached hydrogen (secondary N) is 1. The number of carboxylic acid groups (broad SMARTS) is 1. The highest BCUT2D eigenvalue weighted by Crippen LogP contribution is 2.08. The van der Waals surface area contributed by atoms with E-state index in [4.69, 9.17) is 5.11 Å². The van der Waals surface area contributed by atoms with Gasteiger partial charge < -0.3 is 15.2 Å². The number of anilines is 1. The number of rotatable bonds is 6. The summed E-state index contributed by atoms with van der Waals surface area (Å²) in [5.74, 6) is -1.23. The van der Waals surface area contributed by atoms with Crippen LogP contribution in [0.2, 0.25) is 0 Å². The number of aromatic nitrogens is 2. The highest BCUT2D eigenvalue weighted by Gasteiger charge is 2.17. The van der Waals surface area contributed by atoms with Crippen molar-refractivity contribution in [2.75, 3.05) is 12.4 Å². The molecule has 0 aromatic carbocycles. The summed E-state index contributed by atoms with van der Waals surface area (Å²) in [5, 5.41) is 19.1. The van der Waals surface area contributed by atoms with Gasteiger partial charge in [-0.15, -0.1) is 10.2 Å². The second-order valence-corrected chi connectivity index (χ2v) is 3.62. The first-order valence-electron chi connectivity index (χ1n) is 5.49. The summed E-state index contributed by atoms with van der Waals surface area (Å²) in [7, 11) is 1.25. The molecular formula is C11H15N3O4. The van der Waals surface area contributed by atoms with Crippen LogP contribution in [-0.4, -0.2) is 40.4 Å². The Bertz CT molecular complexity index is 419. The lowest BCUT2D eigenvalue weighted by atomic mass is 10.2. The van der Waals surface area contributed by atoms with Crippen molar-refractivity contribution < 1.29 is 19.4 Å². The van der Waals surface area contributed by atoms with Gasteiger partial charge in [-0.05, 0) is 18.6 Å². The van der Waals surface area contributed by atoms with E-state index in [-0.39, 0.29) is 5.69 Å². The largest absolute Gasteiger partial charge is 0.480 e. The molecule has 0 saturated heterocycles. The first kappa shape index (κ1) is 13.9. The van der Waals surface area contributed by atoms with E-state index in [1.165, 1.54) is 19.2 Å². The van der Waals surface area contributed by atoms with E-state index in [1.807, 2.05) is 6.92 Å². The van der Waals surface area contributed by atoms with Crippen LogP contribution in [0.25, 0.3) is 0 Å². The van der Waals surface area contributed by atoms with Gasteiger partial charge in [-0.1, -0.05) is 13.3 Å². The number of hydrogen-bond acceptors (Lipinski definition) is 6. The fourth-order valence-corrected chi connectivity index (χ4v) is 1.35. The topological polar surface area (TPSA) is 101 Å². The number of carboxylic acids is 1. The Morgan fingerprint density at radius 1 is 1.44 bits per heavy atom. The van der Waals surface area contributed by atoms with Crippen LogP contribution in [0.3, 0.4) is 0 Å². The Kier molecular flexibility index (Phi) is 5.04. The van der Waals surface area contributed by atoms with Crippen molar-refractivity contribution in [1.29, 1.82) is 0 Å².